The number of aryl methyl sites for hydroxylation is 4. The fraction of sp³-hybridized carbons (Fsp3) is 0.517. The Bertz CT molecular complexity index is 1140. The molecule has 0 saturated heterocycles. The molecular formula is C29H40N3O2+. The first-order chi connectivity index (χ1) is 16.3. The highest BCUT2D eigenvalue weighted by molar-refractivity contribution is 5.86. The number of nitrogens with zero attached hydrogens (tertiary/aromatic N) is 3. The van der Waals surface area contributed by atoms with E-state index in [0.29, 0.717) is 6.61 Å². The number of ether oxygens (including phenoxy) is 1. The molecule has 1 aliphatic rings. The van der Waals surface area contributed by atoms with Crippen LogP contribution in [0.4, 0.5) is 0 Å². The summed E-state index contributed by atoms with van der Waals surface area (Å²) in [5, 5.41) is 1.38. The van der Waals surface area contributed by atoms with Gasteiger partial charge in [0.15, 0.2) is 0 Å². The van der Waals surface area contributed by atoms with E-state index in [1.54, 1.807) is 0 Å². The second-order valence-electron chi connectivity index (χ2n) is 10.3. The van der Waals surface area contributed by atoms with Gasteiger partial charge in [0.05, 0.1) is 19.5 Å². The first-order valence-corrected chi connectivity index (χ1v) is 12.9. The number of esters is 1. The van der Waals surface area contributed by atoms with Gasteiger partial charge in [0.1, 0.15) is 19.7 Å². The molecule has 4 rings (SSSR count). The van der Waals surface area contributed by atoms with Gasteiger partial charge in [-0.05, 0) is 56.9 Å². The third-order valence-electron chi connectivity index (χ3n) is 7.66. The normalized spacial score (nSPS) is 17.8. The lowest BCUT2D eigenvalue weighted by atomic mass is 10.0. The largest absolute Gasteiger partial charge is 0.459 e. The predicted octanol–water partition coefficient (Wildman–Crippen LogP) is 5.38. The van der Waals surface area contributed by atoms with E-state index in [-0.39, 0.29) is 11.9 Å². The van der Waals surface area contributed by atoms with Gasteiger partial charge in [-0.1, -0.05) is 31.5 Å². The molecule has 3 heterocycles. The molecule has 0 spiro atoms. The molecule has 0 bridgehead atoms. The van der Waals surface area contributed by atoms with Crippen molar-refractivity contribution < 1.29 is 14.0 Å². The molecule has 34 heavy (non-hydrogen) atoms. The van der Waals surface area contributed by atoms with Crippen molar-refractivity contribution in [3.8, 4) is 0 Å². The molecule has 1 unspecified atom stereocenters. The van der Waals surface area contributed by atoms with Crippen LogP contribution in [0.3, 0.4) is 0 Å². The van der Waals surface area contributed by atoms with Crippen LogP contribution in [0, 0.1) is 19.8 Å². The minimum atomic E-state index is -0.0351. The summed E-state index contributed by atoms with van der Waals surface area (Å²) < 4.78 is 9.14. The molecule has 1 aliphatic heterocycles. The van der Waals surface area contributed by atoms with E-state index in [4.69, 9.17) is 4.74 Å². The number of pyridine rings is 1. The van der Waals surface area contributed by atoms with E-state index in [2.05, 4.69) is 67.7 Å². The zero-order chi connectivity index (χ0) is 24.3. The first kappa shape index (κ1) is 24.5. The van der Waals surface area contributed by atoms with Gasteiger partial charge in [0.2, 0.25) is 0 Å². The number of aromatic nitrogens is 2. The van der Waals surface area contributed by atoms with Gasteiger partial charge < -0.3 is 13.8 Å². The first-order valence-electron chi connectivity index (χ1n) is 12.9. The fourth-order valence-electron chi connectivity index (χ4n) is 5.33. The number of likely N-dealkylation sites (N-methyl/N-ethyl adjacent to an activating group) is 1. The molecule has 0 amide bonds. The topological polar surface area (TPSA) is 44.1 Å². The Labute approximate surface area is 204 Å². The zero-order valence-electron chi connectivity index (χ0n) is 21.6. The molecule has 0 aliphatic carbocycles. The van der Waals surface area contributed by atoms with Gasteiger partial charge >= 0.3 is 5.97 Å². The number of benzene rings is 1. The molecule has 0 N–H and O–H groups in total. The van der Waals surface area contributed by atoms with Crippen LogP contribution in [0.2, 0.25) is 0 Å². The lowest BCUT2D eigenvalue weighted by molar-refractivity contribution is -0.924. The summed E-state index contributed by atoms with van der Waals surface area (Å²) in [6.07, 6.45) is 5.74. The molecule has 3 aromatic rings. The Morgan fingerprint density at radius 2 is 1.97 bits per heavy atom. The second-order valence-corrected chi connectivity index (χ2v) is 10.3. The van der Waals surface area contributed by atoms with Crippen LogP contribution in [0.15, 0.2) is 36.5 Å². The fourth-order valence-corrected chi connectivity index (χ4v) is 5.33. The summed E-state index contributed by atoms with van der Waals surface area (Å²) in [4.78, 5) is 16.8. The number of carbonyl (C=O) groups is 1. The van der Waals surface area contributed by atoms with E-state index in [1.807, 2.05) is 13.1 Å². The third-order valence-corrected chi connectivity index (χ3v) is 7.66. The maximum atomic E-state index is 12.3. The zero-order valence-corrected chi connectivity index (χ0v) is 21.6. The molecule has 1 atom stereocenters. The van der Waals surface area contributed by atoms with Crippen LogP contribution < -0.4 is 0 Å². The smallest absolute Gasteiger partial charge is 0.309 e. The third kappa shape index (κ3) is 5.20. The van der Waals surface area contributed by atoms with E-state index >= 15 is 0 Å². The Kier molecular flexibility index (Phi) is 7.42. The molecule has 0 radical (unpaired) electrons. The molecule has 5 nitrogen and oxygen atoms in total. The van der Waals surface area contributed by atoms with Gasteiger partial charge in [-0.2, -0.15) is 0 Å². The van der Waals surface area contributed by atoms with Gasteiger partial charge in [0.25, 0.3) is 0 Å². The van der Waals surface area contributed by atoms with Crippen LogP contribution in [-0.4, -0.2) is 46.7 Å². The van der Waals surface area contributed by atoms with Crippen LogP contribution in [0.25, 0.3) is 10.9 Å². The van der Waals surface area contributed by atoms with Crippen molar-refractivity contribution in [2.24, 2.45) is 5.92 Å². The SMILES string of the molecule is CCC(CC)C(=O)OCC[N+]1(C)CCc2c(c3cc(C)ccc3n2CCc2ccc(C)nc2)C1. The lowest BCUT2D eigenvalue weighted by Gasteiger charge is -2.38. The van der Waals surface area contributed by atoms with E-state index in [1.165, 1.54) is 33.3 Å². The van der Waals surface area contributed by atoms with Crippen molar-refractivity contribution in [2.75, 3.05) is 26.7 Å². The van der Waals surface area contributed by atoms with E-state index < -0.39 is 0 Å². The molecule has 1 aromatic carbocycles. The van der Waals surface area contributed by atoms with Crippen molar-refractivity contribution in [3.05, 3.63) is 64.6 Å². The summed E-state index contributed by atoms with van der Waals surface area (Å²) in [5.41, 5.74) is 7.93. The predicted molar refractivity (Wildman–Crippen MR) is 138 cm³/mol. The van der Waals surface area contributed by atoms with Crippen LogP contribution in [-0.2, 0) is 35.5 Å². The average molecular weight is 463 g/mol. The highest BCUT2D eigenvalue weighted by atomic mass is 16.5. The lowest BCUT2D eigenvalue weighted by Crippen LogP contribution is -2.49. The quantitative estimate of drug-likeness (QED) is 0.317. The summed E-state index contributed by atoms with van der Waals surface area (Å²) in [7, 11) is 2.31. The summed E-state index contributed by atoms with van der Waals surface area (Å²) in [5.74, 6) is -0.00457. The van der Waals surface area contributed by atoms with Crippen LogP contribution in [0.1, 0.15) is 54.8 Å². The highest BCUT2D eigenvalue weighted by Gasteiger charge is 2.33. The summed E-state index contributed by atoms with van der Waals surface area (Å²) >= 11 is 0. The summed E-state index contributed by atoms with van der Waals surface area (Å²) in [6, 6.07) is 11.2. The molecule has 182 valence electrons. The van der Waals surface area contributed by atoms with E-state index in [9.17, 15) is 4.79 Å². The van der Waals surface area contributed by atoms with Gasteiger partial charge in [-0.25, -0.2) is 0 Å². The number of quaternary nitrogens is 1. The Hall–Kier alpha value is -2.66. The maximum absolute atomic E-state index is 12.3. The Balaban J connectivity index is 1.53. The van der Waals surface area contributed by atoms with Gasteiger partial charge in [-0.15, -0.1) is 0 Å². The second kappa shape index (κ2) is 10.3. The summed E-state index contributed by atoms with van der Waals surface area (Å²) in [6.45, 7) is 12.7. The minimum Gasteiger partial charge on any atom is -0.459 e. The molecular weight excluding hydrogens is 422 g/mol. The van der Waals surface area contributed by atoms with Crippen molar-refractivity contribution in [3.63, 3.8) is 0 Å². The number of hydrogen-bond acceptors (Lipinski definition) is 3. The minimum absolute atomic E-state index is 0.0305. The van der Waals surface area contributed by atoms with Crippen molar-refractivity contribution in [2.45, 2.75) is 66.5 Å². The standard InChI is InChI=1S/C29H40N3O2/c1-6-24(7-2)29(33)34-17-16-32(5)15-13-28-26(20-32)25-18-21(3)8-11-27(25)31(28)14-12-23-10-9-22(4)30-19-23/h8-11,18-19,24H,6-7,12-17,20H2,1-5H3/q+1. The van der Waals surface area contributed by atoms with Gasteiger partial charge in [0, 0.05) is 47.0 Å². The maximum Gasteiger partial charge on any atom is 0.309 e. The van der Waals surface area contributed by atoms with Crippen molar-refractivity contribution in [1.82, 2.24) is 9.55 Å². The van der Waals surface area contributed by atoms with Crippen LogP contribution >= 0.6 is 0 Å². The Morgan fingerprint density at radius 3 is 2.68 bits per heavy atom. The van der Waals surface area contributed by atoms with Crippen molar-refractivity contribution in [1.29, 1.82) is 0 Å². The highest BCUT2D eigenvalue weighted by Crippen LogP contribution is 2.34. The molecule has 0 fully saturated rings. The molecule has 2 aromatic heterocycles. The van der Waals surface area contributed by atoms with Gasteiger partial charge in [-0.3, -0.25) is 9.78 Å². The number of fused-ring (bicyclic) bond motifs is 3. The molecule has 0 saturated carbocycles. The number of carbonyl (C=O) groups excluding carboxylic acids is 1. The molecule has 5 heteroatoms. The van der Waals surface area contributed by atoms with Crippen LogP contribution in [0.5, 0.6) is 0 Å². The number of rotatable bonds is 9. The number of hydrogen-bond donors (Lipinski definition) is 0. The van der Waals surface area contributed by atoms with Crippen molar-refractivity contribution >= 4 is 16.9 Å². The van der Waals surface area contributed by atoms with E-state index in [0.717, 1.165) is 62.0 Å². The average Bonchev–Trinajstić information content (AvgIpc) is 3.11. The Morgan fingerprint density at radius 1 is 1.18 bits per heavy atom. The monoisotopic (exact) mass is 462 g/mol.